The molecule has 1 aliphatic rings. The maximum atomic E-state index is 12.3. The van der Waals surface area contributed by atoms with Crippen molar-refractivity contribution in [3.8, 4) is 11.8 Å². The average molecular weight is 435 g/mol. The Morgan fingerprint density at radius 2 is 1.56 bits per heavy atom. The van der Waals surface area contributed by atoms with Crippen LogP contribution < -0.4 is 11.1 Å². The number of Topliss-reactive ketones (excluding diaryl/α,β-unsaturated/α-hetero) is 1. The fourth-order valence-electron chi connectivity index (χ4n) is 3.43. The highest BCUT2D eigenvalue weighted by Gasteiger charge is 2.19. The molecule has 3 rings (SSSR count). The van der Waals surface area contributed by atoms with Crippen molar-refractivity contribution in [1.82, 2.24) is 15.1 Å². The Kier molecular flexibility index (Phi) is 8.54. The number of piperazine rings is 1. The fraction of sp³-hybridized carbons (Fsp3) is 0.360. The molecular weight excluding hydrogens is 404 g/mol. The van der Waals surface area contributed by atoms with E-state index in [2.05, 4.69) is 46.1 Å². The summed E-state index contributed by atoms with van der Waals surface area (Å²) in [7, 11) is 2.16. The van der Waals surface area contributed by atoms with Crippen LogP contribution in [0.25, 0.3) is 0 Å². The molecule has 168 valence electrons. The van der Waals surface area contributed by atoms with Gasteiger partial charge in [-0.1, -0.05) is 24.0 Å². The van der Waals surface area contributed by atoms with Gasteiger partial charge in [0, 0.05) is 56.0 Å². The smallest absolute Gasteiger partial charge is 0.251 e. The summed E-state index contributed by atoms with van der Waals surface area (Å²) in [6, 6.07) is 14.2. The predicted molar refractivity (Wildman–Crippen MR) is 124 cm³/mol. The van der Waals surface area contributed by atoms with E-state index >= 15 is 0 Å². The van der Waals surface area contributed by atoms with Crippen molar-refractivity contribution in [3.05, 3.63) is 70.8 Å². The number of nitrogens with zero attached hydrogens (tertiary/aromatic N) is 2. The lowest BCUT2D eigenvalue weighted by molar-refractivity contribution is -0.123. The molecule has 1 aliphatic heterocycles. The van der Waals surface area contributed by atoms with Crippen LogP contribution in [0.5, 0.6) is 0 Å². The number of ketones is 1. The number of nitrogens with two attached hydrogens (primary N) is 1. The molecule has 0 bridgehead atoms. The number of aliphatic hydroxyl groups is 1. The summed E-state index contributed by atoms with van der Waals surface area (Å²) in [5.74, 6) is 5.32. The number of carbonyl (C=O) groups excluding carboxylic acids is 2. The van der Waals surface area contributed by atoms with Gasteiger partial charge in [-0.25, -0.2) is 0 Å². The summed E-state index contributed by atoms with van der Waals surface area (Å²) in [4.78, 5) is 28.6. The minimum atomic E-state index is -0.897. The number of likely N-dealkylation sites (N-methyl/N-ethyl adjacent to an activating group) is 1. The molecule has 1 heterocycles. The Morgan fingerprint density at radius 3 is 2.09 bits per heavy atom. The lowest BCUT2D eigenvalue weighted by Crippen LogP contribution is -2.46. The van der Waals surface area contributed by atoms with Crippen molar-refractivity contribution in [2.45, 2.75) is 12.6 Å². The first kappa shape index (κ1) is 23.6. The molecule has 0 unspecified atom stereocenters. The largest absolute Gasteiger partial charge is 0.388 e. The zero-order valence-electron chi connectivity index (χ0n) is 18.4. The van der Waals surface area contributed by atoms with Crippen LogP contribution in [0.2, 0.25) is 0 Å². The van der Waals surface area contributed by atoms with E-state index in [-0.39, 0.29) is 6.54 Å². The number of carbonyl (C=O) groups is 2. The van der Waals surface area contributed by atoms with Crippen LogP contribution in [0.15, 0.2) is 48.5 Å². The standard InChI is InChI=1S/C25H30N4O3/c1-28-12-14-29(15-13-28)17-21-6-4-19(5-7-21)2-3-20-8-10-22(11-9-20)25(32)27-23(16-26)24(31)18-30/h4-11,23,30H,12-18,26H2,1H3,(H,27,32)/t23-/m0/s1. The van der Waals surface area contributed by atoms with Crippen molar-refractivity contribution in [2.75, 3.05) is 46.4 Å². The molecule has 32 heavy (non-hydrogen) atoms. The first-order valence-electron chi connectivity index (χ1n) is 10.7. The number of rotatable bonds is 7. The molecule has 0 saturated carbocycles. The minimum absolute atomic E-state index is 0.0666. The van der Waals surface area contributed by atoms with Gasteiger partial charge in [-0.2, -0.15) is 0 Å². The third kappa shape index (κ3) is 6.74. The second-order valence-corrected chi connectivity index (χ2v) is 7.99. The molecular formula is C25H30N4O3. The summed E-state index contributed by atoms with van der Waals surface area (Å²) >= 11 is 0. The Bertz CT molecular complexity index is 969. The van der Waals surface area contributed by atoms with Crippen LogP contribution in [0.4, 0.5) is 0 Å². The minimum Gasteiger partial charge on any atom is -0.388 e. The van der Waals surface area contributed by atoms with Crippen molar-refractivity contribution in [3.63, 3.8) is 0 Å². The summed E-state index contributed by atoms with van der Waals surface area (Å²) < 4.78 is 0. The lowest BCUT2D eigenvalue weighted by atomic mass is 10.1. The molecule has 0 spiro atoms. The van der Waals surface area contributed by atoms with Crippen LogP contribution in [-0.2, 0) is 11.3 Å². The summed E-state index contributed by atoms with van der Waals surface area (Å²) in [6.07, 6.45) is 0. The molecule has 0 aliphatic carbocycles. The molecule has 0 aromatic heterocycles. The van der Waals surface area contributed by atoms with Crippen LogP contribution in [0.1, 0.15) is 27.0 Å². The van der Waals surface area contributed by atoms with Crippen LogP contribution >= 0.6 is 0 Å². The van der Waals surface area contributed by atoms with Gasteiger partial charge in [0.2, 0.25) is 0 Å². The second-order valence-electron chi connectivity index (χ2n) is 7.99. The van der Waals surface area contributed by atoms with Crippen LogP contribution in [0.3, 0.4) is 0 Å². The van der Waals surface area contributed by atoms with Crippen molar-refractivity contribution in [2.24, 2.45) is 5.73 Å². The molecule has 1 fully saturated rings. The Hall–Kier alpha value is -3.02. The Morgan fingerprint density at radius 1 is 1.00 bits per heavy atom. The monoisotopic (exact) mass is 434 g/mol. The number of benzene rings is 2. The van der Waals surface area contributed by atoms with E-state index in [1.165, 1.54) is 5.56 Å². The van der Waals surface area contributed by atoms with Gasteiger partial charge in [0.05, 0.1) is 0 Å². The predicted octanol–water partition coefficient (Wildman–Crippen LogP) is 0.452. The van der Waals surface area contributed by atoms with Gasteiger partial charge in [0.1, 0.15) is 12.6 Å². The highest BCUT2D eigenvalue weighted by atomic mass is 16.3. The maximum absolute atomic E-state index is 12.3. The van der Waals surface area contributed by atoms with Crippen LogP contribution in [-0.4, -0.2) is 79.0 Å². The average Bonchev–Trinajstić information content (AvgIpc) is 2.83. The van der Waals surface area contributed by atoms with Crippen molar-refractivity contribution < 1.29 is 14.7 Å². The topological polar surface area (TPSA) is 98.9 Å². The van der Waals surface area contributed by atoms with Crippen LogP contribution in [0, 0.1) is 11.8 Å². The molecule has 0 radical (unpaired) electrons. The van der Waals surface area contributed by atoms with Crippen molar-refractivity contribution in [1.29, 1.82) is 0 Å². The zero-order chi connectivity index (χ0) is 22.9. The van der Waals surface area contributed by atoms with Gasteiger partial charge < -0.3 is 21.1 Å². The van der Waals surface area contributed by atoms with E-state index in [0.717, 1.165) is 43.9 Å². The fourth-order valence-corrected chi connectivity index (χ4v) is 3.43. The van der Waals surface area contributed by atoms with E-state index in [1.807, 2.05) is 12.1 Å². The van der Waals surface area contributed by atoms with E-state index in [1.54, 1.807) is 24.3 Å². The summed E-state index contributed by atoms with van der Waals surface area (Å²) in [6.45, 7) is 4.64. The van der Waals surface area contributed by atoms with Gasteiger partial charge >= 0.3 is 0 Å². The molecule has 1 amide bonds. The third-order valence-electron chi connectivity index (χ3n) is 5.54. The van der Waals surface area contributed by atoms with E-state index < -0.39 is 24.3 Å². The normalized spacial score (nSPS) is 15.5. The van der Waals surface area contributed by atoms with Gasteiger partial charge in [-0.15, -0.1) is 0 Å². The number of hydrogen-bond donors (Lipinski definition) is 3. The van der Waals surface area contributed by atoms with Gasteiger partial charge in [-0.3, -0.25) is 14.5 Å². The first-order chi connectivity index (χ1) is 15.5. The molecule has 4 N–H and O–H groups in total. The van der Waals surface area contributed by atoms with Crippen molar-refractivity contribution >= 4 is 11.7 Å². The molecule has 2 aromatic rings. The SMILES string of the molecule is CN1CCN(Cc2ccc(C#Cc3ccc(C(=O)N[C@@H](CN)C(=O)CO)cc3)cc2)CC1. The Labute approximate surface area is 189 Å². The molecule has 7 heteroatoms. The third-order valence-corrected chi connectivity index (χ3v) is 5.54. The molecule has 7 nitrogen and oxygen atoms in total. The first-order valence-corrected chi connectivity index (χ1v) is 10.7. The van der Waals surface area contributed by atoms with E-state index in [0.29, 0.717) is 5.56 Å². The van der Waals surface area contributed by atoms with E-state index in [4.69, 9.17) is 10.8 Å². The number of nitrogens with one attached hydrogen (secondary N) is 1. The highest BCUT2D eigenvalue weighted by Crippen LogP contribution is 2.10. The summed E-state index contributed by atoms with van der Waals surface area (Å²) in [5.41, 5.74) is 8.88. The number of hydrogen-bond acceptors (Lipinski definition) is 6. The zero-order valence-corrected chi connectivity index (χ0v) is 18.4. The maximum Gasteiger partial charge on any atom is 0.251 e. The van der Waals surface area contributed by atoms with Gasteiger partial charge in [-0.05, 0) is 49.0 Å². The highest BCUT2D eigenvalue weighted by molar-refractivity contribution is 5.98. The second kappa shape index (κ2) is 11.6. The van der Waals surface area contributed by atoms with Gasteiger partial charge in [0.15, 0.2) is 5.78 Å². The lowest BCUT2D eigenvalue weighted by Gasteiger charge is -2.32. The summed E-state index contributed by atoms with van der Waals surface area (Å²) in [5, 5.41) is 11.5. The quantitative estimate of drug-likeness (QED) is 0.548. The molecule has 2 aromatic carbocycles. The van der Waals surface area contributed by atoms with E-state index in [9.17, 15) is 9.59 Å². The number of amides is 1. The number of aliphatic hydroxyl groups excluding tert-OH is 1. The Balaban J connectivity index is 1.56. The van der Waals surface area contributed by atoms with Gasteiger partial charge in [0.25, 0.3) is 5.91 Å². The molecule has 1 atom stereocenters. The molecule has 1 saturated heterocycles.